The maximum Gasteiger partial charge on any atom is 0.220 e. The summed E-state index contributed by atoms with van der Waals surface area (Å²) in [5, 5.41) is 3.26. The van der Waals surface area contributed by atoms with E-state index in [-0.39, 0.29) is 16.9 Å². The molecule has 1 amide bonds. The molecule has 0 spiro atoms. The number of nitrogens with two attached hydrogens (primary N) is 1. The second-order valence-electron chi connectivity index (χ2n) is 7.07. The van der Waals surface area contributed by atoms with Gasteiger partial charge in [0.1, 0.15) is 0 Å². The molecule has 1 unspecified atom stereocenters. The quantitative estimate of drug-likeness (QED) is 0.675. The summed E-state index contributed by atoms with van der Waals surface area (Å²) in [6.07, 6.45) is 5.53. The molecule has 3 N–H and O–H groups in total. The van der Waals surface area contributed by atoms with Gasteiger partial charge in [0, 0.05) is 12.0 Å². The van der Waals surface area contributed by atoms with Crippen molar-refractivity contribution in [1.82, 2.24) is 5.32 Å². The molecule has 0 bridgehead atoms. The minimum atomic E-state index is -0.0117. The Hall–Kier alpha value is -0.570. The number of amides is 1. The van der Waals surface area contributed by atoms with Gasteiger partial charge in [-0.2, -0.15) is 0 Å². The fourth-order valence-corrected chi connectivity index (χ4v) is 2.89. The molecule has 0 saturated carbocycles. The monoisotopic (exact) mass is 284 g/mol. The van der Waals surface area contributed by atoms with E-state index in [0.29, 0.717) is 18.9 Å². The molecule has 0 radical (unpaired) electrons. The predicted octanol–water partition coefficient (Wildman–Crippen LogP) is 3.86. The Morgan fingerprint density at radius 3 is 1.90 bits per heavy atom. The van der Waals surface area contributed by atoms with Crippen LogP contribution in [0.1, 0.15) is 80.1 Å². The highest BCUT2D eigenvalue weighted by molar-refractivity contribution is 5.76. The van der Waals surface area contributed by atoms with Crippen LogP contribution in [0.15, 0.2) is 0 Å². The van der Waals surface area contributed by atoms with Crippen molar-refractivity contribution in [2.45, 2.75) is 85.6 Å². The Bertz CT molecular complexity index is 269. The van der Waals surface area contributed by atoms with Crippen LogP contribution in [0.5, 0.6) is 0 Å². The first-order valence-electron chi connectivity index (χ1n) is 8.25. The summed E-state index contributed by atoms with van der Waals surface area (Å²) in [5.41, 5.74) is 5.91. The number of carbonyl (C=O) groups excluding carboxylic acids is 1. The summed E-state index contributed by atoms with van der Waals surface area (Å²) in [7, 11) is 0. The van der Waals surface area contributed by atoms with Gasteiger partial charge in [-0.25, -0.2) is 0 Å². The van der Waals surface area contributed by atoms with Crippen molar-refractivity contribution < 1.29 is 4.79 Å². The zero-order valence-electron chi connectivity index (χ0n) is 14.5. The normalized spacial score (nSPS) is 14.2. The molecule has 3 nitrogen and oxygen atoms in total. The standard InChI is InChI=1S/C17H36N2O/c1-7-17(8-2,9-3)19-15(20)11-10-14(12-13-18)16(4,5)6/h14H,7-13,18H2,1-6H3,(H,19,20). The largest absolute Gasteiger partial charge is 0.351 e. The molecule has 0 heterocycles. The Kier molecular flexibility index (Phi) is 8.41. The van der Waals surface area contributed by atoms with E-state index in [1.165, 1.54) is 0 Å². The first kappa shape index (κ1) is 19.4. The van der Waals surface area contributed by atoms with E-state index in [1.54, 1.807) is 0 Å². The number of carbonyl (C=O) groups is 1. The third-order valence-electron chi connectivity index (χ3n) is 4.89. The molecule has 0 aromatic heterocycles. The Morgan fingerprint density at radius 2 is 1.55 bits per heavy atom. The van der Waals surface area contributed by atoms with E-state index in [2.05, 4.69) is 46.9 Å². The van der Waals surface area contributed by atoms with Crippen LogP contribution in [-0.4, -0.2) is 18.0 Å². The smallest absolute Gasteiger partial charge is 0.220 e. The molecule has 0 aromatic carbocycles. The zero-order valence-corrected chi connectivity index (χ0v) is 14.5. The highest BCUT2D eigenvalue weighted by Gasteiger charge is 2.28. The van der Waals surface area contributed by atoms with Gasteiger partial charge in [-0.1, -0.05) is 41.5 Å². The van der Waals surface area contributed by atoms with Gasteiger partial charge < -0.3 is 11.1 Å². The molecule has 1 atom stereocenters. The van der Waals surface area contributed by atoms with Crippen molar-refractivity contribution in [2.24, 2.45) is 17.1 Å². The van der Waals surface area contributed by atoms with Crippen LogP contribution in [0.3, 0.4) is 0 Å². The van der Waals surface area contributed by atoms with Crippen molar-refractivity contribution in [3.8, 4) is 0 Å². The minimum absolute atomic E-state index is 0.0117. The van der Waals surface area contributed by atoms with E-state index in [0.717, 1.165) is 32.1 Å². The molecular formula is C17H36N2O. The number of hydrogen-bond acceptors (Lipinski definition) is 2. The van der Waals surface area contributed by atoms with Gasteiger partial charge in [-0.3, -0.25) is 4.79 Å². The Balaban J connectivity index is 4.46. The molecule has 0 aliphatic rings. The lowest BCUT2D eigenvalue weighted by atomic mass is 9.76. The summed E-state index contributed by atoms with van der Waals surface area (Å²) in [4.78, 5) is 12.2. The molecule has 120 valence electrons. The molecule has 0 fully saturated rings. The van der Waals surface area contributed by atoms with Gasteiger partial charge in [0.15, 0.2) is 0 Å². The lowest BCUT2D eigenvalue weighted by Crippen LogP contribution is -2.47. The second-order valence-corrected chi connectivity index (χ2v) is 7.07. The average molecular weight is 284 g/mol. The lowest BCUT2D eigenvalue weighted by Gasteiger charge is -2.33. The van der Waals surface area contributed by atoms with Crippen molar-refractivity contribution in [3.05, 3.63) is 0 Å². The summed E-state index contributed by atoms with van der Waals surface area (Å²) in [5.74, 6) is 0.708. The van der Waals surface area contributed by atoms with E-state index < -0.39 is 0 Å². The van der Waals surface area contributed by atoms with Crippen molar-refractivity contribution in [3.63, 3.8) is 0 Å². The maximum atomic E-state index is 12.2. The van der Waals surface area contributed by atoms with Crippen LogP contribution in [0, 0.1) is 11.3 Å². The lowest BCUT2D eigenvalue weighted by molar-refractivity contribution is -0.123. The van der Waals surface area contributed by atoms with Crippen LogP contribution in [0.4, 0.5) is 0 Å². The minimum Gasteiger partial charge on any atom is -0.351 e. The number of hydrogen-bond donors (Lipinski definition) is 2. The van der Waals surface area contributed by atoms with Crippen LogP contribution in [0.2, 0.25) is 0 Å². The Morgan fingerprint density at radius 1 is 1.05 bits per heavy atom. The van der Waals surface area contributed by atoms with Crippen LogP contribution >= 0.6 is 0 Å². The number of nitrogens with one attached hydrogen (secondary N) is 1. The summed E-state index contributed by atoms with van der Waals surface area (Å²) >= 11 is 0. The summed E-state index contributed by atoms with van der Waals surface area (Å²) in [6, 6.07) is 0. The maximum absolute atomic E-state index is 12.2. The van der Waals surface area contributed by atoms with Gasteiger partial charge in [-0.05, 0) is 50.0 Å². The average Bonchev–Trinajstić information content (AvgIpc) is 2.39. The predicted molar refractivity (Wildman–Crippen MR) is 87.6 cm³/mol. The molecule has 0 saturated heterocycles. The Labute approximate surface area is 126 Å². The molecule has 20 heavy (non-hydrogen) atoms. The van der Waals surface area contributed by atoms with Gasteiger partial charge >= 0.3 is 0 Å². The molecular weight excluding hydrogens is 248 g/mol. The SMILES string of the molecule is CCC(CC)(CC)NC(=O)CCC(CCN)C(C)(C)C. The van der Waals surface area contributed by atoms with Crippen molar-refractivity contribution in [1.29, 1.82) is 0 Å². The van der Waals surface area contributed by atoms with Gasteiger partial charge in [0.25, 0.3) is 0 Å². The van der Waals surface area contributed by atoms with Crippen LogP contribution in [-0.2, 0) is 4.79 Å². The number of rotatable bonds is 9. The van der Waals surface area contributed by atoms with E-state index in [1.807, 2.05) is 0 Å². The fourth-order valence-electron chi connectivity index (χ4n) is 2.89. The molecule has 3 heteroatoms. The van der Waals surface area contributed by atoms with Crippen LogP contribution < -0.4 is 11.1 Å². The highest BCUT2D eigenvalue weighted by atomic mass is 16.1. The first-order chi connectivity index (χ1) is 9.24. The van der Waals surface area contributed by atoms with Gasteiger partial charge in [0.05, 0.1) is 0 Å². The van der Waals surface area contributed by atoms with Crippen molar-refractivity contribution >= 4 is 5.91 Å². The van der Waals surface area contributed by atoms with Gasteiger partial charge in [0.2, 0.25) is 5.91 Å². The third kappa shape index (κ3) is 6.25. The first-order valence-corrected chi connectivity index (χ1v) is 8.25. The third-order valence-corrected chi connectivity index (χ3v) is 4.89. The van der Waals surface area contributed by atoms with E-state index >= 15 is 0 Å². The van der Waals surface area contributed by atoms with Crippen molar-refractivity contribution in [2.75, 3.05) is 6.54 Å². The fraction of sp³-hybridized carbons (Fsp3) is 0.941. The van der Waals surface area contributed by atoms with E-state index in [9.17, 15) is 4.79 Å². The van der Waals surface area contributed by atoms with Crippen LogP contribution in [0.25, 0.3) is 0 Å². The topological polar surface area (TPSA) is 55.1 Å². The molecule has 0 aromatic rings. The molecule has 0 rings (SSSR count). The summed E-state index contributed by atoms with van der Waals surface area (Å²) in [6.45, 7) is 13.9. The zero-order chi connectivity index (χ0) is 15.8. The molecule has 0 aliphatic heterocycles. The van der Waals surface area contributed by atoms with E-state index in [4.69, 9.17) is 5.73 Å². The summed E-state index contributed by atoms with van der Waals surface area (Å²) < 4.78 is 0. The highest BCUT2D eigenvalue weighted by Crippen LogP contribution is 2.32. The van der Waals surface area contributed by atoms with Gasteiger partial charge in [-0.15, -0.1) is 0 Å². The second kappa shape index (κ2) is 8.66. The molecule has 0 aliphatic carbocycles.